The number of ether oxygens (including phenoxy) is 1. The van der Waals surface area contributed by atoms with Crippen molar-refractivity contribution in [1.29, 1.82) is 0 Å². The Bertz CT molecular complexity index is 405. The number of hydrogen-bond donors (Lipinski definition) is 1. The highest BCUT2D eigenvalue weighted by Crippen LogP contribution is 2.36. The first kappa shape index (κ1) is 11.0. The van der Waals surface area contributed by atoms with Crippen LogP contribution in [0.3, 0.4) is 0 Å². The van der Waals surface area contributed by atoms with E-state index in [-0.39, 0.29) is 11.9 Å². The van der Waals surface area contributed by atoms with E-state index in [4.69, 9.17) is 4.74 Å². The van der Waals surface area contributed by atoms with Crippen LogP contribution in [0, 0.1) is 0 Å². The van der Waals surface area contributed by atoms with E-state index in [1.165, 1.54) is 0 Å². The van der Waals surface area contributed by atoms with Crippen molar-refractivity contribution in [2.24, 2.45) is 0 Å². The fourth-order valence-electron chi connectivity index (χ4n) is 2.14. The van der Waals surface area contributed by atoms with Crippen molar-refractivity contribution in [2.45, 2.75) is 18.6 Å². The van der Waals surface area contributed by atoms with Crippen molar-refractivity contribution in [2.75, 3.05) is 14.2 Å². The third kappa shape index (κ3) is 1.65. The van der Waals surface area contributed by atoms with Gasteiger partial charge in [-0.3, -0.25) is 4.79 Å². The summed E-state index contributed by atoms with van der Waals surface area (Å²) in [7, 11) is 3.31. The molecule has 2 rings (SSSR count). The van der Waals surface area contributed by atoms with E-state index in [2.05, 4.69) is 0 Å². The average molecular weight is 221 g/mol. The van der Waals surface area contributed by atoms with Gasteiger partial charge in [-0.1, -0.05) is 18.2 Å². The third-order valence-electron chi connectivity index (χ3n) is 3.04. The SMILES string of the molecule is COc1ccccc1[C@@H]1C[C@@H](O)C(=O)N1C. The summed E-state index contributed by atoms with van der Waals surface area (Å²) in [5.41, 5.74) is 0.942. The minimum absolute atomic E-state index is 0.0985. The van der Waals surface area contributed by atoms with E-state index >= 15 is 0 Å². The average Bonchev–Trinajstić information content (AvgIpc) is 2.57. The summed E-state index contributed by atoms with van der Waals surface area (Å²) >= 11 is 0. The number of hydrogen-bond acceptors (Lipinski definition) is 3. The molecule has 1 aromatic rings. The van der Waals surface area contributed by atoms with Gasteiger partial charge in [0.2, 0.25) is 0 Å². The van der Waals surface area contributed by atoms with Gasteiger partial charge in [-0.2, -0.15) is 0 Å². The number of aliphatic hydroxyl groups is 1. The quantitative estimate of drug-likeness (QED) is 0.809. The minimum atomic E-state index is -0.889. The molecular weight excluding hydrogens is 206 g/mol. The monoisotopic (exact) mass is 221 g/mol. The van der Waals surface area contributed by atoms with Crippen molar-refractivity contribution in [3.8, 4) is 5.75 Å². The highest BCUT2D eigenvalue weighted by Gasteiger charge is 2.37. The van der Waals surface area contributed by atoms with Crippen LogP contribution >= 0.6 is 0 Å². The van der Waals surface area contributed by atoms with E-state index in [1.807, 2.05) is 24.3 Å². The van der Waals surface area contributed by atoms with Gasteiger partial charge >= 0.3 is 0 Å². The van der Waals surface area contributed by atoms with Crippen LogP contribution in [-0.2, 0) is 4.79 Å². The molecule has 1 fully saturated rings. The molecule has 0 unspecified atom stereocenters. The van der Waals surface area contributed by atoms with Crippen LogP contribution in [0.5, 0.6) is 5.75 Å². The molecule has 1 saturated heterocycles. The molecule has 0 radical (unpaired) electrons. The Balaban J connectivity index is 2.35. The van der Waals surface area contributed by atoms with Gasteiger partial charge in [0, 0.05) is 19.0 Å². The molecule has 86 valence electrons. The maximum atomic E-state index is 11.5. The Morgan fingerprint density at radius 3 is 2.69 bits per heavy atom. The lowest BCUT2D eigenvalue weighted by Gasteiger charge is -2.21. The molecular formula is C12H15NO3. The first-order chi connectivity index (χ1) is 7.65. The van der Waals surface area contributed by atoms with Crippen molar-refractivity contribution >= 4 is 5.91 Å². The summed E-state index contributed by atoms with van der Waals surface area (Å²) in [6.07, 6.45) is -0.463. The lowest BCUT2D eigenvalue weighted by Crippen LogP contribution is -2.26. The summed E-state index contributed by atoms with van der Waals surface area (Å²) in [4.78, 5) is 13.1. The molecule has 1 aliphatic rings. The van der Waals surface area contributed by atoms with Gasteiger partial charge in [0.25, 0.3) is 5.91 Å². The predicted octanol–water partition coefficient (Wildman–Crippen LogP) is 0.959. The molecule has 4 heteroatoms. The number of likely N-dealkylation sites (N-methyl/N-ethyl adjacent to an activating group) is 1. The molecule has 0 saturated carbocycles. The molecule has 16 heavy (non-hydrogen) atoms. The second kappa shape index (κ2) is 4.14. The number of aliphatic hydroxyl groups excluding tert-OH is 1. The van der Waals surface area contributed by atoms with Gasteiger partial charge in [0.15, 0.2) is 0 Å². The van der Waals surface area contributed by atoms with Gasteiger partial charge in [0.05, 0.1) is 13.2 Å². The number of methoxy groups -OCH3 is 1. The molecule has 0 aliphatic carbocycles. The van der Waals surface area contributed by atoms with Gasteiger partial charge in [-0.05, 0) is 6.07 Å². The first-order valence-corrected chi connectivity index (χ1v) is 5.22. The Kier molecular flexibility index (Phi) is 2.83. The first-order valence-electron chi connectivity index (χ1n) is 5.22. The van der Waals surface area contributed by atoms with Crippen LogP contribution in [-0.4, -0.2) is 36.2 Å². The number of para-hydroxylation sites is 1. The summed E-state index contributed by atoms with van der Waals surface area (Å²) < 4.78 is 5.26. The van der Waals surface area contributed by atoms with E-state index in [9.17, 15) is 9.90 Å². The van der Waals surface area contributed by atoms with Crippen molar-refractivity contribution < 1.29 is 14.6 Å². The lowest BCUT2D eigenvalue weighted by atomic mass is 10.0. The standard InChI is InChI=1S/C12H15NO3/c1-13-9(7-10(14)12(13)15)8-5-3-4-6-11(8)16-2/h3-6,9-10,14H,7H2,1-2H3/t9-,10+/m0/s1. The second-order valence-corrected chi connectivity index (χ2v) is 3.96. The number of nitrogens with zero attached hydrogens (tertiary/aromatic N) is 1. The molecule has 0 bridgehead atoms. The molecule has 1 N–H and O–H groups in total. The molecule has 1 aliphatic heterocycles. The number of amides is 1. The number of carbonyl (C=O) groups is 1. The van der Waals surface area contributed by atoms with Crippen molar-refractivity contribution in [1.82, 2.24) is 4.90 Å². The van der Waals surface area contributed by atoms with E-state index < -0.39 is 6.10 Å². The number of benzene rings is 1. The Labute approximate surface area is 94.4 Å². The molecule has 0 spiro atoms. The smallest absolute Gasteiger partial charge is 0.251 e. The molecule has 0 aromatic heterocycles. The second-order valence-electron chi connectivity index (χ2n) is 3.96. The summed E-state index contributed by atoms with van der Waals surface area (Å²) in [6, 6.07) is 7.47. The number of likely N-dealkylation sites (tertiary alicyclic amines) is 1. The summed E-state index contributed by atoms with van der Waals surface area (Å²) in [5.74, 6) is 0.525. The highest BCUT2D eigenvalue weighted by molar-refractivity contribution is 5.83. The normalized spacial score (nSPS) is 24.9. The van der Waals surface area contributed by atoms with Gasteiger partial charge < -0.3 is 14.7 Å². The zero-order chi connectivity index (χ0) is 11.7. The Morgan fingerprint density at radius 1 is 1.44 bits per heavy atom. The van der Waals surface area contributed by atoms with Gasteiger partial charge in [-0.25, -0.2) is 0 Å². The third-order valence-corrected chi connectivity index (χ3v) is 3.04. The van der Waals surface area contributed by atoms with Gasteiger partial charge in [-0.15, -0.1) is 0 Å². The summed E-state index contributed by atoms with van der Waals surface area (Å²) in [5, 5.41) is 9.53. The Morgan fingerprint density at radius 2 is 2.12 bits per heavy atom. The maximum absolute atomic E-state index is 11.5. The fraction of sp³-hybridized carbons (Fsp3) is 0.417. The molecule has 1 heterocycles. The lowest BCUT2D eigenvalue weighted by molar-refractivity contribution is -0.134. The molecule has 2 atom stereocenters. The fourth-order valence-corrected chi connectivity index (χ4v) is 2.14. The molecule has 1 aromatic carbocycles. The van der Waals surface area contributed by atoms with Crippen LogP contribution in [0.4, 0.5) is 0 Å². The van der Waals surface area contributed by atoms with E-state index in [0.717, 1.165) is 11.3 Å². The van der Waals surface area contributed by atoms with Crippen molar-refractivity contribution in [3.63, 3.8) is 0 Å². The van der Waals surface area contributed by atoms with E-state index in [0.29, 0.717) is 6.42 Å². The van der Waals surface area contributed by atoms with E-state index in [1.54, 1.807) is 19.1 Å². The Hall–Kier alpha value is -1.55. The van der Waals surface area contributed by atoms with Crippen LogP contribution in [0.25, 0.3) is 0 Å². The zero-order valence-corrected chi connectivity index (χ0v) is 9.38. The number of rotatable bonds is 2. The van der Waals surface area contributed by atoms with Crippen LogP contribution in [0.2, 0.25) is 0 Å². The maximum Gasteiger partial charge on any atom is 0.251 e. The predicted molar refractivity (Wildman–Crippen MR) is 59.1 cm³/mol. The van der Waals surface area contributed by atoms with Crippen LogP contribution < -0.4 is 4.74 Å². The zero-order valence-electron chi connectivity index (χ0n) is 9.38. The van der Waals surface area contributed by atoms with Crippen molar-refractivity contribution in [3.05, 3.63) is 29.8 Å². The minimum Gasteiger partial charge on any atom is -0.496 e. The van der Waals surface area contributed by atoms with Crippen LogP contribution in [0.1, 0.15) is 18.0 Å². The van der Waals surface area contributed by atoms with Gasteiger partial charge in [0.1, 0.15) is 11.9 Å². The van der Waals surface area contributed by atoms with Crippen LogP contribution in [0.15, 0.2) is 24.3 Å². The molecule has 1 amide bonds. The largest absolute Gasteiger partial charge is 0.496 e. The number of carbonyl (C=O) groups excluding carboxylic acids is 1. The highest BCUT2D eigenvalue weighted by atomic mass is 16.5. The topological polar surface area (TPSA) is 49.8 Å². The molecule has 4 nitrogen and oxygen atoms in total. The summed E-state index contributed by atoms with van der Waals surface area (Å²) in [6.45, 7) is 0.